The number of aliphatic hydroxyl groups excluding tert-OH is 1. The van der Waals surface area contributed by atoms with Gasteiger partial charge in [0, 0.05) is 29.6 Å². The zero-order valence-electron chi connectivity index (χ0n) is 13.9. The summed E-state index contributed by atoms with van der Waals surface area (Å²) in [6.45, 7) is 3.82. The Morgan fingerprint density at radius 1 is 1.38 bits per heavy atom. The lowest BCUT2D eigenvalue weighted by molar-refractivity contribution is 0.122. The standard InChI is InChI=1S/C17H22N4O3/c1-11-20-21-15(24-11)12-5-7-13(8-6-12)18-16(23)19-14-4-3-9-17(14,2)10-22/h5-8,14,22H,3-4,9-10H2,1-2H3,(H2,18,19,23). The van der Waals surface area contributed by atoms with Crippen LogP contribution in [0, 0.1) is 12.3 Å². The fourth-order valence-corrected chi connectivity index (χ4v) is 3.10. The van der Waals surface area contributed by atoms with E-state index in [9.17, 15) is 9.90 Å². The van der Waals surface area contributed by atoms with Gasteiger partial charge in [-0.3, -0.25) is 0 Å². The molecule has 128 valence electrons. The summed E-state index contributed by atoms with van der Waals surface area (Å²) in [5, 5.41) is 23.1. The van der Waals surface area contributed by atoms with E-state index in [0.29, 0.717) is 17.5 Å². The molecule has 0 saturated heterocycles. The van der Waals surface area contributed by atoms with E-state index in [2.05, 4.69) is 20.8 Å². The third kappa shape index (κ3) is 3.41. The minimum absolute atomic E-state index is 0.0110. The molecule has 2 atom stereocenters. The monoisotopic (exact) mass is 330 g/mol. The molecule has 1 aliphatic carbocycles. The van der Waals surface area contributed by atoms with Gasteiger partial charge in [0.15, 0.2) is 0 Å². The van der Waals surface area contributed by atoms with Crippen LogP contribution in [0.15, 0.2) is 28.7 Å². The second kappa shape index (κ2) is 6.60. The van der Waals surface area contributed by atoms with E-state index >= 15 is 0 Å². The summed E-state index contributed by atoms with van der Waals surface area (Å²) in [7, 11) is 0. The summed E-state index contributed by atoms with van der Waals surface area (Å²) in [6.07, 6.45) is 2.83. The highest BCUT2D eigenvalue weighted by Gasteiger charge is 2.39. The zero-order chi connectivity index (χ0) is 17.2. The number of nitrogens with one attached hydrogen (secondary N) is 2. The molecule has 7 heteroatoms. The number of benzene rings is 1. The van der Waals surface area contributed by atoms with E-state index in [1.807, 2.05) is 19.1 Å². The third-order valence-corrected chi connectivity index (χ3v) is 4.66. The molecule has 1 heterocycles. The number of aryl methyl sites for hydroxylation is 1. The molecular weight excluding hydrogens is 308 g/mol. The number of hydrogen-bond acceptors (Lipinski definition) is 5. The number of rotatable bonds is 4. The molecule has 0 spiro atoms. The molecule has 2 amide bonds. The lowest BCUT2D eigenvalue weighted by Gasteiger charge is -2.30. The molecule has 1 aliphatic rings. The summed E-state index contributed by atoms with van der Waals surface area (Å²) in [4.78, 5) is 12.2. The first-order valence-corrected chi connectivity index (χ1v) is 8.09. The van der Waals surface area contributed by atoms with E-state index in [1.54, 1.807) is 19.1 Å². The molecule has 2 unspecified atom stereocenters. The normalized spacial score (nSPS) is 23.2. The molecule has 2 aromatic rings. The predicted octanol–water partition coefficient (Wildman–Crippen LogP) is 2.72. The second-order valence-corrected chi connectivity index (χ2v) is 6.56. The Kier molecular flexibility index (Phi) is 4.53. The molecule has 7 nitrogen and oxygen atoms in total. The van der Waals surface area contributed by atoms with Crippen molar-refractivity contribution in [2.75, 3.05) is 11.9 Å². The van der Waals surface area contributed by atoms with Crippen LogP contribution in [0.5, 0.6) is 0 Å². The topological polar surface area (TPSA) is 100 Å². The lowest BCUT2D eigenvalue weighted by Crippen LogP contribution is -2.46. The minimum atomic E-state index is -0.261. The van der Waals surface area contributed by atoms with Crippen LogP contribution in [-0.4, -0.2) is 34.0 Å². The first-order valence-electron chi connectivity index (χ1n) is 8.09. The molecule has 3 N–H and O–H groups in total. The van der Waals surface area contributed by atoms with Gasteiger partial charge < -0.3 is 20.2 Å². The number of amides is 2. The Morgan fingerprint density at radius 3 is 2.75 bits per heavy atom. The number of urea groups is 1. The maximum absolute atomic E-state index is 12.2. The van der Waals surface area contributed by atoms with Crippen LogP contribution in [0.2, 0.25) is 0 Å². The van der Waals surface area contributed by atoms with Crippen LogP contribution in [0.1, 0.15) is 32.1 Å². The van der Waals surface area contributed by atoms with Gasteiger partial charge in [0.25, 0.3) is 0 Å². The third-order valence-electron chi connectivity index (χ3n) is 4.66. The average Bonchev–Trinajstić information content (AvgIpc) is 3.15. The Hall–Kier alpha value is -2.41. The molecule has 0 aliphatic heterocycles. The van der Waals surface area contributed by atoms with Crippen molar-refractivity contribution in [3.05, 3.63) is 30.2 Å². The highest BCUT2D eigenvalue weighted by atomic mass is 16.4. The highest BCUT2D eigenvalue weighted by molar-refractivity contribution is 5.89. The number of carbonyl (C=O) groups excluding carboxylic acids is 1. The number of carbonyl (C=O) groups is 1. The van der Waals surface area contributed by atoms with Crippen molar-refractivity contribution >= 4 is 11.7 Å². The molecule has 1 fully saturated rings. The fraction of sp³-hybridized carbons (Fsp3) is 0.471. The Morgan fingerprint density at radius 2 is 2.12 bits per heavy atom. The van der Waals surface area contributed by atoms with Crippen LogP contribution >= 0.6 is 0 Å². The number of hydrogen-bond donors (Lipinski definition) is 3. The minimum Gasteiger partial charge on any atom is -0.421 e. The van der Waals surface area contributed by atoms with Gasteiger partial charge in [-0.05, 0) is 37.1 Å². The maximum Gasteiger partial charge on any atom is 0.319 e. The lowest BCUT2D eigenvalue weighted by atomic mass is 9.86. The number of aliphatic hydroxyl groups is 1. The van der Waals surface area contributed by atoms with Gasteiger partial charge in [-0.1, -0.05) is 13.3 Å². The van der Waals surface area contributed by atoms with Crippen molar-refractivity contribution in [3.8, 4) is 11.5 Å². The van der Waals surface area contributed by atoms with Crippen LogP contribution in [0.3, 0.4) is 0 Å². The van der Waals surface area contributed by atoms with Crippen molar-refractivity contribution < 1.29 is 14.3 Å². The number of nitrogens with zero attached hydrogens (tertiary/aromatic N) is 2. The van der Waals surface area contributed by atoms with E-state index in [-0.39, 0.29) is 24.1 Å². The molecule has 24 heavy (non-hydrogen) atoms. The quantitative estimate of drug-likeness (QED) is 0.800. The van der Waals surface area contributed by atoms with Gasteiger partial charge in [0.2, 0.25) is 11.8 Å². The van der Waals surface area contributed by atoms with Gasteiger partial charge in [-0.2, -0.15) is 0 Å². The molecule has 1 aromatic heterocycles. The molecule has 1 aromatic carbocycles. The van der Waals surface area contributed by atoms with Gasteiger partial charge in [0.05, 0.1) is 6.61 Å². The molecule has 1 saturated carbocycles. The summed E-state index contributed by atoms with van der Waals surface area (Å²) in [6, 6.07) is 6.93. The van der Waals surface area contributed by atoms with Gasteiger partial charge in [0.1, 0.15) is 0 Å². The smallest absolute Gasteiger partial charge is 0.319 e. The van der Waals surface area contributed by atoms with E-state index < -0.39 is 0 Å². The molecule has 0 radical (unpaired) electrons. The van der Waals surface area contributed by atoms with Gasteiger partial charge >= 0.3 is 6.03 Å². The summed E-state index contributed by atoms with van der Waals surface area (Å²) in [5.41, 5.74) is 1.23. The SMILES string of the molecule is Cc1nnc(-c2ccc(NC(=O)NC3CCCC3(C)CO)cc2)o1. The predicted molar refractivity (Wildman–Crippen MR) is 89.5 cm³/mol. The second-order valence-electron chi connectivity index (χ2n) is 6.56. The Balaban J connectivity index is 1.60. The number of anilines is 1. The first kappa shape index (κ1) is 16.4. The van der Waals surface area contributed by atoms with Crippen molar-refractivity contribution in [3.63, 3.8) is 0 Å². The maximum atomic E-state index is 12.2. The van der Waals surface area contributed by atoms with Gasteiger partial charge in [-0.25, -0.2) is 4.79 Å². The average molecular weight is 330 g/mol. The van der Waals surface area contributed by atoms with Gasteiger partial charge in [-0.15, -0.1) is 10.2 Å². The van der Waals surface area contributed by atoms with E-state index in [0.717, 1.165) is 24.8 Å². The van der Waals surface area contributed by atoms with E-state index in [4.69, 9.17) is 4.42 Å². The Labute approximate surface area is 140 Å². The summed E-state index contributed by atoms with van der Waals surface area (Å²) < 4.78 is 5.37. The molecular formula is C17H22N4O3. The van der Waals surface area contributed by atoms with Crippen LogP contribution in [0.4, 0.5) is 10.5 Å². The van der Waals surface area contributed by atoms with Crippen molar-refractivity contribution in [1.82, 2.24) is 15.5 Å². The summed E-state index contributed by atoms with van der Waals surface area (Å²) >= 11 is 0. The fourth-order valence-electron chi connectivity index (χ4n) is 3.10. The highest BCUT2D eigenvalue weighted by Crippen LogP contribution is 2.37. The molecule has 0 bridgehead atoms. The van der Waals surface area contributed by atoms with Crippen LogP contribution < -0.4 is 10.6 Å². The van der Waals surface area contributed by atoms with Crippen LogP contribution in [-0.2, 0) is 0 Å². The van der Waals surface area contributed by atoms with Crippen molar-refractivity contribution in [1.29, 1.82) is 0 Å². The van der Waals surface area contributed by atoms with Crippen molar-refractivity contribution in [2.24, 2.45) is 5.41 Å². The Bertz CT molecular complexity index is 713. The largest absolute Gasteiger partial charge is 0.421 e. The first-order chi connectivity index (χ1) is 11.5. The van der Waals surface area contributed by atoms with Crippen LogP contribution in [0.25, 0.3) is 11.5 Å². The zero-order valence-corrected chi connectivity index (χ0v) is 13.9. The molecule has 3 rings (SSSR count). The van der Waals surface area contributed by atoms with E-state index in [1.165, 1.54) is 0 Å². The number of aromatic nitrogens is 2. The summed E-state index contributed by atoms with van der Waals surface area (Å²) in [5.74, 6) is 0.961. The van der Waals surface area contributed by atoms with Crippen molar-refractivity contribution in [2.45, 2.75) is 39.2 Å².